The number of nitrogens with zero attached hydrogens (tertiary/aromatic N) is 3. The molecule has 2 atom stereocenters. The molecule has 2 N–H and O–H groups in total. The van der Waals surface area contributed by atoms with Crippen molar-refractivity contribution in [3.05, 3.63) is 101 Å². The number of imidazole rings is 1. The van der Waals surface area contributed by atoms with Gasteiger partial charge in [0.25, 0.3) is 0 Å². The summed E-state index contributed by atoms with van der Waals surface area (Å²) in [7, 11) is 2.01. The van der Waals surface area contributed by atoms with Gasteiger partial charge in [-0.15, -0.1) is 0 Å². The van der Waals surface area contributed by atoms with E-state index >= 15 is 0 Å². The molecule has 1 aromatic heterocycles. The van der Waals surface area contributed by atoms with Crippen molar-refractivity contribution in [3.63, 3.8) is 0 Å². The first kappa shape index (κ1) is 29.7. The smallest absolute Gasteiger partial charge is 0.227 e. The molecule has 1 saturated heterocycles. The maximum atomic E-state index is 13.8. The van der Waals surface area contributed by atoms with Crippen LogP contribution in [0.25, 0.3) is 11.1 Å². The second-order valence-electron chi connectivity index (χ2n) is 14.2. The van der Waals surface area contributed by atoms with E-state index in [0.29, 0.717) is 5.41 Å². The second kappa shape index (κ2) is 11.4. The molecule has 2 aliphatic heterocycles. The lowest BCUT2D eigenvalue weighted by molar-refractivity contribution is -0.126. The molecule has 2 saturated carbocycles. The lowest BCUT2D eigenvalue weighted by atomic mass is 9.83. The topological polar surface area (TPSA) is 71.4 Å². The number of ether oxygens (including phenoxy) is 1. The van der Waals surface area contributed by atoms with Crippen molar-refractivity contribution in [1.82, 2.24) is 25.1 Å². The van der Waals surface area contributed by atoms with Crippen molar-refractivity contribution >= 4 is 17.1 Å². The average molecular weight is 606 g/mol. The molecular weight excluding hydrogens is 558 g/mol. The number of benzene rings is 1. The number of rotatable bonds is 9. The zero-order valence-corrected chi connectivity index (χ0v) is 27.3. The van der Waals surface area contributed by atoms with Crippen molar-refractivity contribution in [2.45, 2.75) is 77.8 Å². The van der Waals surface area contributed by atoms with Crippen LogP contribution in [-0.2, 0) is 16.6 Å². The first-order chi connectivity index (χ1) is 21.7. The Morgan fingerprint density at radius 3 is 2.64 bits per heavy atom. The Morgan fingerprint density at radius 2 is 1.98 bits per heavy atom. The Bertz CT molecular complexity index is 1640. The average Bonchev–Trinajstić information content (AvgIpc) is 3.97. The maximum Gasteiger partial charge on any atom is 0.227 e. The van der Waals surface area contributed by atoms with E-state index in [-0.39, 0.29) is 23.4 Å². The van der Waals surface area contributed by atoms with E-state index in [1.807, 2.05) is 24.1 Å². The minimum Gasteiger partial charge on any atom is -0.479 e. The zero-order valence-electron chi connectivity index (χ0n) is 27.3. The van der Waals surface area contributed by atoms with E-state index in [4.69, 9.17) is 4.74 Å². The highest BCUT2D eigenvalue weighted by Gasteiger charge is 2.49. The summed E-state index contributed by atoms with van der Waals surface area (Å²) in [6.45, 7) is 13.4. The number of hydrogen-bond acceptors (Lipinski definition) is 5. The van der Waals surface area contributed by atoms with Crippen molar-refractivity contribution in [3.8, 4) is 0 Å². The first-order valence-electron chi connectivity index (χ1n) is 16.7. The van der Waals surface area contributed by atoms with E-state index in [9.17, 15) is 4.79 Å². The number of aryl methyl sites for hydroxylation is 2. The summed E-state index contributed by atoms with van der Waals surface area (Å²) in [5, 5.41) is 7.25. The van der Waals surface area contributed by atoms with Crippen LogP contribution in [0, 0.1) is 17.8 Å². The Hall–Kier alpha value is -4.00. The van der Waals surface area contributed by atoms with Gasteiger partial charge in [0.1, 0.15) is 0 Å². The Balaban J connectivity index is 1.28. The van der Waals surface area contributed by atoms with Crippen LogP contribution in [0.4, 0.5) is 0 Å². The molecule has 7 nitrogen and oxygen atoms in total. The summed E-state index contributed by atoms with van der Waals surface area (Å²) in [5.74, 6) is 0.953. The molecular formula is C38H47N5O2. The number of piperidine rings is 1. The number of aromatic nitrogens is 2. The molecule has 2 aromatic rings. The second-order valence-corrected chi connectivity index (χ2v) is 14.2. The number of allylic oxidation sites excluding steroid dienone is 2. The Morgan fingerprint density at radius 1 is 1.20 bits per heavy atom. The van der Waals surface area contributed by atoms with Gasteiger partial charge in [-0.05, 0) is 98.6 Å². The number of carbonyl (C=O) groups is 1. The van der Waals surface area contributed by atoms with Gasteiger partial charge in [0.2, 0.25) is 5.91 Å². The fraction of sp³-hybridized carbons (Fsp3) is 0.474. The molecule has 0 spiro atoms. The Labute approximate surface area is 267 Å². The SMILES string of the molecule is C=C(OCC1(C)CC1)N1CCC(=C2c3ccc(C)cc3C(C(NC(=O)C3(CC)CC3)c3cncn3C)=CC3=CC=CNC32)CC1. The van der Waals surface area contributed by atoms with Crippen LogP contribution in [0.5, 0.6) is 0 Å². The number of carbonyl (C=O) groups excluding carboxylic acids is 1. The molecule has 0 radical (unpaired) electrons. The van der Waals surface area contributed by atoms with Gasteiger partial charge in [0, 0.05) is 31.0 Å². The predicted molar refractivity (Wildman–Crippen MR) is 180 cm³/mol. The van der Waals surface area contributed by atoms with E-state index in [2.05, 4.69) is 90.5 Å². The van der Waals surface area contributed by atoms with Gasteiger partial charge in [0.15, 0.2) is 5.88 Å². The first-order valence-corrected chi connectivity index (χ1v) is 16.7. The normalized spacial score (nSPS) is 23.0. The molecule has 0 bridgehead atoms. The fourth-order valence-electron chi connectivity index (χ4n) is 7.20. The molecule has 1 aromatic carbocycles. The van der Waals surface area contributed by atoms with Crippen LogP contribution in [-0.4, -0.2) is 46.1 Å². The molecule has 7 rings (SSSR count). The number of nitrogens with one attached hydrogen (secondary N) is 2. The van der Waals surface area contributed by atoms with Crippen LogP contribution in [0.3, 0.4) is 0 Å². The monoisotopic (exact) mass is 605 g/mol. The number of likely N-dealkylation sites (tertiary alicyclic amines) is 1. The summed E-state index contributed by atoms with van der Waals surface area (Å²) in [6.07, 6.45) is 19.6. The van der Waals surface area contributed by atoms with Crippen LogP contribution >= 0.6 is 0 Å². The molecule has 1 amide bonds. The number of amides is 1. The fourth-order valence-corrected chi connectivity index (χ4v) is 7.20. The molecule has 3 aliphatic carbocycles. The zero-order chi connectivity index (χ0) is 31.3. The van der Waals surface area contributed by atoms with Gasteiger partial charge in [-0.2, -0.15) is 0 Å². The van der Waals surface area contributed by atoms with E-state index in [1.54, 1.807) is 0 Å². The molecule has 45 heavy (non-hydrogen) atoms. The highest BCUT2D eigenvalue weighted by molar-refractivity contribution is 5.93. The van der Waals surface area contributed by atoms with Crippen LogP contribution in [0.15, 0.2) is 78.8 Å². The molecule has 236 valence electrons. The van der Waals surface area contributed by atoms with Crippen LogP contribution in [0.1, 0.15) is 87.2 Å². The minimum absolute atomic E-state index is 0.0260. The van der Waals surface area contributed by atoms with E-state index < -0.39 is 0 Å². The van der Waals surface area contributed by atoms with Crippen molar-refractivity contribution in [2.24, 2.45) is 17.9 Å². The maximum absolute atomic E-state index is 13.8. The van der Waals surface area contributed by atoms with Gasteiger partial charge in [-0.25, -0.2) is 4.98 Å². The van der Waals surface area contributed by atoms with Crippen molar-refractivity contribution in [1.29, 1.82) is 0 Å². The summed E-state index contributed by atoms with van der Waals surface area (Å²) < 4.78 is 8.19. The largest absolute Gasteiger partial charge is 0.479 e. The minimum atomic E-state index is -0.331. The van der Waals surface area contributed by atoms with E-state index in [0.717, 1.165) is 69.0 Å². The van der Waals surface area contributed by atoms with Crippen molar-refractivity contribution in [2.75, 3.05) is 19.7 Å². The third-order valence-electron chi connectivity index (χ3n) is 10.9. The summed E-state index contributed by atoms with van der Waals surface area (Å²) in [4.78, 5) is 20.6. The quantitative estimate of drug-likeness (QED) is 0.311. The van der Waals surface area contributed by atoms with Crippen molar-refractivity contribution < 1.29 is 9.53 Å². The highest BCUT2D eigenvalue weighted by Crippen LogP contribution is 2.50. The summed E-state index contributed by atoms with van der Waals surface area (Å²) in [6, 6.07) is 6.52. The summed E-state index contributed by atoms with van der Waals surface area (Å²) >= 11 is 0. The van der Waals surface area contributed by atoms with Gasteiger partial charge < -0.3 is 24.8 Å². The number of fused-ring (bicyclic) bond motifs is 2. The standard InChI is InChI=1S/C38H47N5O2/c1-6-38(15-16-38)36(44)41-35(32-22-39-24-42(32)5)31-21-28-8-7-17-40-34(28)33(29-10-9-25(2)20-30(29)31)27-11-18-43(19-12-27)26(3)45-23-37(4)13-14-37/h7-10,17,20-22,24,34-35,40H,3,6,11-16,18-19,23H2,1-2,4-5H3,(H,41,44). The number of hydrogen-bond donors (Lipinski definition) is 2. The molecule has 3 heterocycles. The lowest BCUT2D eigenvalue weighted by Gasteiger charge is -2.35. The third-order valence-corrected chi connectivity index (χ3v) is 10.9. The van der Waals surface area contributed by atoms with Crippen LogP contribution in [0.2, 0.25) is 0 Å². The number of dihydropyridines is 1. The lowest BCUT2D eigenvalue weighted by Crippen LogP contribution is -2.36. The summed E-state index contributed by atoms with van der Waals surface area (Å²) in [5.41, 5.74) is 9.81. The van der Waals surface area contributed by atoms with E-state index in [1.165, 1.54) is 46.3 Å². The van der Waals surface area contributed by atoms with Crippen LogP contribution < -0.4 is 10.6 Å². The molecule has 7 heteroatoms. The van der Waals surface area contributed by atoms with Gasteiger partial charge in [-0.1, -0.05) is 55.3 Å². The van der Waals surface area contributed by atoms with Gasteiger partial charge in [-0.3, -0.25) is 4.79 Å². The third kappa shape index (κ3) is 5.66. The molecule has 5 aliphatic rings. The predicted octanol–water partition coefficient (Wildman–Crippen LogP) is 6.72. The molecule has 2 unspecified atom stereocenters. The van der Waals surface area contributed by atoms with Gasteiger partial charge in [0.05, 0.1) is 36.9 Å². The van der Waals surface area contributed by atoms with Gasteiger partial charge >= 0.3 is 0 Å². The Kier molecular flexibility index (Phi) is 7.53. The highest BCUT2D eigenvalue weighted by atomic mass is 16.5. The molecule has 3 fully saturated rings.